The number of rotatable bonds is 5. The molecule has 4 nitrogen and oxygen atoms in total. The Balaban J connectivity index is 1.66. The molecule has 5 heteroatoms. The number of carbonyl (C=O) groups excluding carboxylic acids is 1. The Labute approximate surface area is 142 Å². The predicted octanol–water partition coefficient (Wildman–Crippen LogP) is 3.04. The summed E-state index contributed by atoms with van der Waals surface area (Å²) in [6.07, 6.45) is 1.59. The van der Waals surface area contributed by atoms with Crippen molar-refractivity contribution in [2.45, 2.75) is 19.3 Å². The van der Waals surface area contributed by atoms with Crippen LogP contribution in [0.25, 0.3) is 0 Å². The average molecular weight is 343 g/mol. The first-order valence-electron chi connectivity index (χ1n) is 8.14. The molecule has 1 heterocycles. The van der Waals surface area contributed by atoms with Gasteiger partial charge in [0.2, 0.25) is 5.91 Å². The van der Waals surface area contributed by atoms with Crippen LogP contribution in [0.15, 0.2) is 54.6 Å². The van der Waals surface area contributed by atoms with Crippen LogP contribution in [0.3, 0.4) is 0 Å². The molecule has 2 aromatic rings. The molecule has 0 aliphatic carbocycles. The minimum atomic E-state index is -2.94. The van der Waals surface area contributed by atoms with Crippen LogP contribution < -0.4 is 5.32 Å². The van der Waals surface area contributed by atoms with Gasteiger partial charge < -0.3 is 5.32 Å². The number of para-hydroxylation sites is 1. The maximum atomic E-state index is 12.3. The summed E-state index contributed by atoms with van der Waals surface area (Å²) >= 11 is 0. The second-order valence-corrected chi connectivity index (χ2v) is 8.57. The van der Waals surface area contributed by atoms with Gasteiger partial charge in [-0.05, 0) is 36.0 Å². The second-order valence-electron chi connectivity index (χ2n) is 6.34. The molecule has 0 bridgehead atoms. The number of sulfone groups is 1. The second kappa shape index (κ2) is 7.18. The molecular formula is C19H21NO3S. The molecule has 1 N–H and O–H groups in total. The van der Waals surface area contributed by atoms with Gasteiger partial charge >= 0.3 is 0 Å². The molecule has 24 heavy (non-hydrogen) atoms. The molecule has 0 saturated carbocycles. The van der Waals surface area contributed by atoms with E-state index in [0.29, 0.717) is 6.42 Å². The Bertz CT molecular complexity index is 816. The molecule has 1 amide bonds. The van der Waals surface area contributed by atoms with Gasteiger partial charge in [-0.2, -0.15) is 0 Å². The van der Waals surface area contributed by atoms with Crippen molar-refractivity contribution < 1.29 is 13.2 Å². The zero-order valence-electron chi connectivity index (χ0n) is 13.4. The van der Waals surface area contributed by atoms with Gasteiger partial charge in [-0.15, -0.1) is 0 Å². The largest absolute Gasteiger partial charge is 0.326 e. The van der Waals surface area contributed by atoms with Crippen molar-refractivity contribution >= 4 is 21.4 Å². The van der Waals surface area contributed by atoms with Gasteiger partial charge in [0.25, 0.3) is 0 Å². The summed E-state index contributed by atoms with van der Waals surface area (Å²) < 4.78 is 23.0. The zero-order chi connectivity index (χ0) is 17.0. The van der Waals surface area contributed by atoms with Crippen LogP contribution in [0.2, 0.25) is 0 Å². The van der Waals surface area contributed by atoms with E-state index < -0.39 is 9.84 Å². The molecule has 0 radical (unpaired) electrons. The maximum absolute atomic E-state index is 12.3. The number of nitrogens with one attached hydrogen (secondary N) is 1. The average Bonchev–Trinajstić information content (AvgIpc) is 2.89. The fraction of sp³-hybridized carbons (Fsp3) is 0.316. The molecule has 1 aliphatic rings. The lowest BCUT2D eigenvalue weighted by Gasteiger charge is -2.13. The summed E-state index contributed by atoms with van der Waals surface area (Å²) in [5, 5.41) is 2.95. The van der Waals surface area contributed by atoms with Crippen molar-refractivity contribution in [3.63, 3.8) is 0 Å². The van der Waals surface area contributed by atoms with Crippen molar-refractivity contribution in [3.05, 3.63) is 65.7 Å². The lowest BCUT2D eigenvalue weighted by atomic mass is 10.0. The van der Waals surface area contributed by atoms with Gasteiger partial charge in [0.1, 0.15) is 0 Å². The van der Waals surface area contributed by atoms with E-state index in [1.54, 1.807) is 0 Å². The zero-order valence-corrected chi connectivity index (χ0v) is 14.3. The maximum Gasteiger partial charge on any atom is 0.224 e. The van der Waals surface area contributed by atoms with Crippen molar-refractivity contribution in [2.75, 3.05) is 16.8 Å². The predicted molar refractivity (Wildman–Crippen MR) is 95.7 cm³/mol. The van der Waals surface area contributed by atoms with Crippen LogP contribution in [0.4, 0.5) is 5.69 Å². The molecular weight excluding hydrogens is 322 g/mol. The third-order valence-electron chi connectivity index (χ3n) is 4.33. The Kier molecular flexibility index (Phi) is 5.00. The first kappa shape index (κ1) is 16.7. The molecule has 1 atom stereocenters. The Hall–Kier alpha value is -2.14. The van der Waals surface area contributed by atoms with Crippen LogP contribution in [-0.4, -0.2) is 25.8 Å². The third-order valence-corrected chi connectivity index (χ3v) is 6.17. The van der Waals surface area contributed by atoms with E-state index in [2.05, 4.69) is 17.4 Å². The Morgan fingerprint density at radius 2 is 1.75 bits per heavy atom. The van der Waals surface area contributed by atoms with Crippen LogP contribution in [0.1, 0.15) is 24.0 Å². The minimum absolute atomic E-state index is 0.0590. The minimum Gasteiger partial charge on any atom is -0.326 e. The standard InChI is InChI=1S/C19H21NO3S/c21-19(13-16-10-11-24(22,23)14-16)20-18-9-5-4-8-17(18)12-15-6-2-1-3-7-15/h1-9,16H,10-14H2,(H,20,21)/t16-/m0/s1. The molecule has 0 unspecified atom stereocenters. The molecule has 0 spiro atoms. The smallest absolute Gasteiger partial charge is 0.224 e. The monoisotopic (exact) mass is 343 g/mol. The van der Waals surface area contributed by atoms with Crippen LogP contribution in [0, 0.1) is 5.92 Å². The highest BCUT2D eigenvalue weighted by molar-refractivity contribution is 7.91. The van der Waals surface area contributed by atoms with Crippen molar-refractivity contribution in [3.8, 4) is 0 Å². The van der Waals surface area contributed by atoms with Crippen molar-refractivity contribution in [2.24, 2.45) is 5.92 Å². The fourth-order valence-electron chi connectivity index (χ4n) is 3.11. The summed E-state index contributed by atoms with van der Waals surface area (Å²) in [4.78, 5) is 12.3. The first-order chi connectivity index (χ1) is 11.5. The van der Waals surface area contributed by atoms with Crippen LogP contribution in [0.5, 0.6) is 0 Å². The van der Waals surface area contributed by atoms with Crippen molar-refractivity contribution in [1.82, 2.24) is 0 Å². The Morgan fingerprint density at radius 3 is 2.46 bits per heavy atom. The summed E-state index contributed by atoms with van der Waals surface area (Å²) in [5.74, 6) is 0.163. The molecule has 0 aromatic heterocycles. The Morgan fingerprint density at radius 1 is 1.04 bits per heavy atom. The highest BCUT2D eigenvalue weighted by Gasteiger charge is 2.29. The number of hydrogen-bond donors (Lipinski definition) is 1. The van der Waals surface area contributed by atoms with Gasteiger partial charge in [-0.25, -0.2) is 8.42 Å². The van der Waals surface area contributed by atoms with Crippen LogP contribution in [-0.2, 0) is 21.1 Å². The molecule has 1 saturated heterocycles. The summed E-state index contributed by atoms with van der Waals surface area (Å²) in [6.45, 7) is 0. The van der Waals surface area contributed by atoms with Gasteiger partial charge in [0.15, 0.2) is 9.84 Å². The SMILES string of the molecule is O=C(C[C@@H]1CCS(=O)(=O)C1)Nc1ccccc1Cc1ccccc1. The molecule has 1 fully saturated rings. The molecule has 126 valence electrons. The quantitative estimate of drug-likeness (QED) is 0.907. The third kappa shape index (κ3) is 4.45. The summed E-state index contributed by atoms with van der Waals surface area (Å²) in [5.41, 5.74) is 3.03. The lowest BCUT2D eigenvalue weighted by Crippen LogP contribution is -2.18. The number of carbonyl (C=O) groups is 1. The summed E-state index contributed by atoms with van der Waals surface area (Å²) in [7, 11) is -2.94. The first-order valence-corrected chi connectivity index (χ1v) is 9.96. The van der Waals surface area contributed by atoms with Crippen LogP contribution >= 0.6 is 0 Å². The van der Waals surface area contributed by atoms with E-state index in [4.69, 9.17) is 0 Å². The van der Waals surface area contributed by atoms with Gasteiger partial charge in [-0.3, -0.25) is 4.79 Å². The number of hydrogen-bond acceptors (Lipinski definition) is 3. The fourth-order valence-corrected chi connectivity index (χ4v) is 4.97. The lowest BCUT2D eigenvalue weighted by molar-refractivity contribution is -0.116. The number of anilines is 1. The molecule has 3 rings (SSSR count). The topological polar surface area (TPSA) is 63.2 Å². The highest BCUT2D eigenvalue weighted by atomic mass is 32.2. The van der Waals surface area contributed by atoms with Gasteiger partial charge in [0.05, 0.1) is 11.5 Å². The van der Waals surface area contributed by atoms with E-state index in [1.165, 1.54) is 5.56 Å². The van der Waals surface area contributed by atoms with Crippen molar-refractivity contribution in [1.29, 1.82) is 0 Å². The summed E-state index contributed by atoms with van der Waals surface area (Å²) in [6, 6.07) is 17.8. The molecule has 2 aromatic carbocycles. The van der Waals surface area contributed by atoms with E-state index in [9.17, 15) is 13.2 Å². The van der Waals surface area contributed by atoms with Gasteiger partial charge in [0, 0.05) is 12.1 Å². The van der Waals surface area contributed by atoms with E-state index >= 15 is 0 Å². The normalized spacial score (nSPS) is 19.1. The number of benzene rings is 2. The van der Waals surface area contributed by atoms with E-state index in [-0.39, 0.29) is 29.8 Å². The van der Waals surface area contributed by atoms with E-state index in [1.807, 2.05) is 42.5 Å². The van der Waals surface area contributed by atoms with E-state index in [0.717, 1.165) is 17.7 Å². The number of amides is 1. The molecule has 1 aliphatic heterocycles. The highest BCUT2D eigenvalue weighted by Crippen LogP contribution is 2.24. The van der Waals surface area contributed by atoms with Gasteiger partial charge in [-0.1, -0.05) is 48.5 Å².